The molecule has 0 aromatic carbocycles. The van der Waals surface area contributed by atoms with Crippen molar-refractivity contribution in [2.75, 3.05) is 21.1 Å². The van der Waals surface area contributed by atoms with Crippen LogP contribution in [0.1, 0.15) is 0 Å². The zero-order chi connectivity index (χ0) is 7.07. The minimum Gasteiger partial charge on any atom is -1.00 e. The standard InChI is InChI=1S/C7H13ClN.ClH/c1-9(2,3)7-5-4-6(7)8;/h4-7H,1-3H3;1H/q+1;/p-1. The fourth-order valence-electron chi connectivity index (χ4n) is 0.980. The number of rotatable bonds is 1. The summed E-state index contributed by atoms with van der Waals surface area (Å²) in [4.78, 5) is 0. The molecule has 2 atom stereocenters. The summed E-state index contributed by atoms with van der Waals surface area (Å²) in [6.07, 6.45) is 4.20. The summed E-state index contributed by atoms with van der Waals surface area (Å²) >= 11 is 5.90. The van der Waals surface area contributed by atoms with E-state index < -0.39 is 0 Å². The third kappa shape index (κ3) is 1.88. The molecule has 2 unspecified atom stereocenters. The van der Waals surface area contributed by atoms with Crippen LogP contribution in [0.2, 0.25) is 0 Å². The summed E-state index contributed by atoms with van der Waals surface area (Å²) in [7, 11) is 6.47. The predicted octanol–water partition coefficient (Wildman–Crippen LogP) is -1.76. The van der Waals surface area contributed by atoms with Gasteiger partial charge in [0.25, 0.3) is 0 Å². The molecule has 1 nitrogen and oxygen atoms in total. The quantitative estimate of drug-likeness (QED) is 0.256. The Bertz CT molecular complexity index is 137. The second kappa shape index (κ2) is 3.12. The van der Waals surface area contributed by atoms with Crippen LogP contribution in [0.15, 0.2) is 12.2 Å². The summed E-state index contributed by atoms with van der Waals surface area (Å²) in [5.74, 6) is 0. The molecule has 1 aliphatic rings. The zero-order valence-corrected chi connectivity index (χ0v) is 8.02. The van der Waals surface area contributed by atoms with Gasteiger partial charge in [-0.1, -0.05) is 6.08 Å². The Morgan fingerprint density at radius 1 is 1.20 bits per heavy atom. The van der Waals surface area contributed by atoms with E-state index in [9.17, 15) is 0 Å². The number of hydrogen-bond acceptors (Lipinski definition) is 0. The second-order valence-electron chi connectivity index (χ2n) is 3.44. The van der Waals surface area contributed by atoms with Gasteiger partial charge in [0.1, 0.15) is 11.4 Å². The van der Waals surface area contributed by atoms with E-state index in [1.165, 1.54) is 0 Å². The summed E-state index contributed by atoms with van der Waals surface area (Å²) in [6.45, 7) is 0. The van der Waals surface area contributed by atoms with Gasteiger partial charge in [-0.25, -0.2) is 0 Å². The minimum atomic E-state index is 0. The van der Waals surface area contributed by atoms with Crippen LogP contribution in [-0.2, 0) is 0 Å². The SMILES string of the molecule is C[N+](C)(C)C1C=CC1Cl.[Cl-]. The van der Waals surface area contributed by atoms with Crippen LogP contribution in [0.25, 0.3) is 0 Å². The lowest BCUT2D eigenvalue weighted by Gasteiger charge is -2.38. The Labute approximate surface area is 73.7 Å². The lowest BCUT2D eigenvalue weighted by Crippen LogP contribution is -3.00. The molecule has 0 amide bonds. The molecule has 60 valence electrons. The van der Waals surface area contributed by atoms with Crippen molar-refractivity contribution < 1.29 is 16.9 Å². The van der Waals surface area contributed by atoms with Crippen LogP contribution in [-0.4, -0.2) is 37.0 Å². The molecular formula is C7H13Cl2N. The summed E-state index contributed by atoms with van der Waals surface area (Å²) in [6, 6.07) is 0.520. The second-order valence-corrected chi connectivity index (χ2v) is 3.94. The third-order valence-electron chi connectivity index (χ3n) is 1.71. The van der Waals surface area contributed by atoms with Crippen LogP contribution < -0.4 is 12.4 Å². The van der Waals surface area contributed by atoms with Crippen LogP contribution in [0.4, 0.5) is 0 Å². The monoisotopic (exact) mass is 181 g/mol. The van der Waals surface area contributed by atoms with Crippen molar-refractivity contribution in [2.24, 2.45) is 0 Å². The van der Waals surface area contributed by atoms with Crippen molar-refractivity contribution in [3.05, 3.63) is 12.2 Å². The number of likely N-dealkylation sites (N-methyl/N-ethyl adjacent to an activating group) is 1. The molecular weight excluding hydrogens is 169 g/mol. The third-order valence-corrected chi connectivity index (χ3v) is 2.12. The van der Waals surface area contributed by atoms with E-state index in [-0.39, 0.29) is 17.8 Å². The van der Waals surface area contributed by atoms with E-state index in [4.69, 9.17) is 11.6 Å². The molecule has 1 rings (SSSR count). The molecule has 0 N–H and O–H groups in total. The van der Waals surface area contributed by atoms with E-state index in [1.54, 1.807) is 0 Å². The molecule has 0 aromatic heterocycles. The van der Waals surface area contributed by atoms with E-state index in [1.807, 2.05) is 6.08 Å². The van der Waals surface area contributed by atoms with Crippen molar-refractivity contribution in [1.29, 1.82) is 0 Å². The first-order valence-corrected chi connectivity index (χ1v) is 3.59. The number of alkyl halides is 1. The van der Waals surface area contributed by atoms with Gasteiger partial charge in [-0.15, -0.1) is 11.6 Å². The van der Waals surface area contributed by atoms with Crippen molar-refractivity contribution in [3.8, 4) is 0 Å². The minimum absolute atomic E-state index is 0. The molecule has 3 heteroatoms. The molecule has 0 aromatic rings. The number of nitrogens with zero attached hydrogens (tertiary/aromatic N) is 1. The Morgan fingerprint density at radius 3 is 1.70 bits per heavy atom. The fourth-order valence-corrected chi connectivity index (χ4v) is 1.49. The highest BCUT2D eigenvalue weighted by Crippen LogP contribution is 2.23. The van der Waals surface area contributed by atoms with Gasteiger partial charge in [0.15, 0.2) is 0 Å². The van der Waals surface area contributed by atoms with E-state index >= 15 is 0 Å². The lowest BCUT2D eigenvalue weighted by molar-refractivity contribution is -0.889. The maximum absolute atomic E-state index is 5.90. The Kier molecular flexibility index (Phi) is 3.21. The van der Waals surface area contributed by atoms with E-state index in [2.05, 4.69) is 27.2 Å². The van der Waals surface area contributed by atoms with Crippen molar-refractivity contribution in [2.45, 2.75) is 11.4 Å². The molecule has 0 fully saturated rings. The molecule has 0 aliphatic heterocycles. The number of halogens is 2. The number of hydrogen-bond donors (Lipinski definition) is 0. The topological polar surface area (TPSA) is 0 Å². The molecule has 0 saturated heterocycles. The summed E-state index contributed by atoms with van der Waals surface area (Å²) < 4.78 is 0.935. The van der Waals surface area contributed by atoms with Gasteiger partial charge >= 0.3 is 0 Å². The highest BCUT2D eigenvalue weighted by Gasteiger charge is 2.33. The molecule has 1 aliphatic carbocycles. The van der Waals surface area contributed by atoms with E-state index in [0.717, 1.165) is 4.48 Å². The molecule has 0 saturated carbocycles. The van der Waals surface area contributed by atoms with Gasteiger partial charge in [0.05, 0.1) is 21.1 Å². The van der Waals surface area contributed by atoms with Gasteiger partial charge in [0, 0.05) is 0 Å². The van der Waals surface area contributed by atoms with Crippen molar-refractivity contribution >= 4 is 11.6 Å². The predicted molar refractivity (Wildman–Crippen MR) is 40.6 cm³/mol. The van der Waals surface area contributed by atoms with Gasteiger partial charge in [-0.2, -0.15) is 0 Å². The lowest BCUT2D eigenvalue weighted by atomic mass is 10.0. The van der Waals surface area contributed by atoms with Gasteiger partial charge < -0.3 is 16.9 Å². The first-order valence-electron chi connectivity index (χ1n) is 3.15. The van der Waals surface area contributed by atoms with Crippen molar-refractivity contribution in [1.82, 2.24) is 0 Å². The molecule has 0 radical (unpaired) electrons. The highest BCUT2D eigenvalue weighted by atomic mass is 35.5. The summed E-state index contributed by atoms with van der Waals surface area (Å²) in [5.41, 5.74) is 0. The Hall–Kier alpha value is 0.280. The first-order chi connectivity index (χ1) is 4.02. The average Bonchev–Trinajstić information content (AvgIpc) is 1.57. The average molecular weight is 182 g/mol. The van der Waals surface area contributed by atoms with Crippen LogP contribution in [0.5, 0.6) is 0 Å². The maximum Gasteiger partial charge on any atom is 0.127 e. The largest absolute Gasteiger partial charge is 1.00 e. The molecule has 0 heterocycles. The van der Waals surface area contributed by atoms with Gasteiger partial charge in [-0.3, -0.25) is 0 Å². The van der Waals surface area contributed by atoms with Crippen LogP contribution in [0.3, 0.4) is 0 Å². The zero-order valence-electron chi connectivity index (χ0n) is 6.51. The maximum atomic E-state index is 5.90. The normalized spacial score (nSPS) is 30.8. The Balaban J connectivity index is 0.000000810. The smallest absolute Gasteiger partial charge is 0.127 e. The Morgan fingerprint density at radius 2 is 1.70 bits per heavy atom. The number of quaternary nitrogens is 1. The van der Waals surface area contributed by atoms with Crippen LogP contribution >= 0.6 is 11.6 Å². The van der Waals surface area contributed by atoms with Crippen LogP contribution in [0, 0.1) is 0 Å². The highest BCUT2D eigenvalue weighted by molar-refractivity contribution is 6.23. The molecule has 0 bridgehead atoms. The van der Waals surface area contributed by atoms with E-state index in [0.29, 0.717) is 6.04 Å². The fraction of sp³-hybridized carbons (Fsp3) is 0.714. The van der Waals surface area contributed by atoms with Gasteiger partial charge in [-0.05, 0) is 6.08 Å². The van der Waals surface area contributed by atoms with Crippen molar-refractivity contribution in [3.63, 3.8) is 0 Å². The van der Waals surface area contributed by atoms with Gasteiger partial charge in [0.2, 0.25) is 0 Å². The summed E-state index contributed by atoms with van der Waals surface area (Å²) in [5, 5.41) is 0.255. The molecule has 10 heavy (non-hydrogen) atoms. The first kappa shape index (κ1) is 10.3. The molecule has 0 spiro atoms.